The molecule has 1 aromatic rings. The maximum atomic E-state index is 4.05. The van der Waals surface area contributed by atoms with Crippen LogP contribution < -0.4 is 4.90 Å². The third-order valence-electron chi connectivity index (χ3n) is 1.68. The molecule has 0 aromatic carbocycles. The summed E-state index contributed by atoms with van der Waals surface area (Å²) in [7, 11) is 0. The van der Waals surface area contributed by atoms with Crippen molar-refractivity contribution in [3.05, 3.63) is 5.51 Å². The smallest absolute Gasteiger partial charge is 0.208 e. The van der Waals surface area contributed by atoms with Crippen molar-refractivity contribution in [2.45, 2.75) is 39.8 Å². The highest BCUT2D eigenvalue weighted by atomic mass is 32.1. The van der Waals surface area contributed by atoms with Crippen LogP contribution in [0.5, 0.6) is 0 Å². The van der Waals surface area contributed by atoms with E-state index in [1.165, 1.54) is 0 Å². The van der Waals surface area contributed by atoms with Crippen LogP contribution in [0.2, 0.25) is 0 Å². The van der Waals surface area contributed by atoms with Crippen molar-refractivity contribution in [1.82, 2.24) is 10.2 Å². The summed E-state index contributed by atoms with van der Waals surface area (Å²) in [5, 5.41) is 8.90. The maximum Gasteiger partial charge on any atom is 0.208 e. The Bertz CT molecular complexity index is 210. The predicted octanol–water partition coefficient (Wildman–Crippen LogP) is 2.16. The van der Waals surface area contributed by atoms with E-state index in [4.69, 9.17) is 0 Å². The first-order valence-electron chi connectivity index (χ1n) is 4.17. The molecule has 0 aliphatic rings. The molecule has 0 atom stereocenters. The highest BCUT2D eigenvalue weighted by Gasteiger charge is 2.16. The van der Waals surface area contributed by atoms with Crippen molar-refractivity contribution in [3.63, 3.8) is 0 Å². The van der Waals surface area contributed by atoms with Crippen LogP contribution >= 0.6 is 11.3 Å². The van der Waals surface area contributed by atoms with Crippen molar-refractivity contribution in [2.24, 2.45) is 0 Å². The molecular weight excluding hydrogens is 170 g/mol. The van der Waals surface area contributed by atoms with Gasteiger partial charge < -0.3 is 4.90 Å². The molecule has 68 valence electrons. The van der Waals surface area contributed by atoms with Crippen LogP contribution in [0.1, 0.15) is 27.7 Å². The minimum atomic E-state index is 0.484. The number of anilines is 1. The molecule has 4 heteroatoms. The second-order valence-corrected chi connectivity index (χ2v) is 4.13. The first-order valence-corrected chi connectivity index (χ1v) is 5.05. The van der Waals surface area contributed by atoms with Gasteiger partial charge in [0.25, 0.3) is 0 Å². The summed E-state index contributed by atoms with van der Waals surface area (Å²) in [6, 6.07) is 0.968. The molecule has 0 radical (unpaired) electrons. The summed E-state index contributed by atoms with van der Waals surface area (Å²) in [5.41, 5.74) is 1.77. The number of hydrogen-bond donors (Lipinski definition) is 0. The molecular formula is C8H15N3S. The molecule has 0 amide bonds. The lowest BCUT2D eigenvalue weighted by molar-refractivity contribution is 0.603. The van der Waals surface area contributed by atoms with Crippen LogP contribution in [-0.2, 0) is 0 Å². The van der Waals surface area contributed by atoms with Crippen molar-refractivity contribution in [2.75, 3.05) is 4.90 Å². The van der Waals surface area contributed by atoms with Crippen LogP contribution in [0.3, 0.4) is 0 Å². The minimum Gasteiger partial charge on any atom is -0.342 e. The highest BCUT2D eigenvalue weighted by Crippen LogP contribution is 2.20. The van der Waals surface area contributed by atoms with E-state index in [0.717, 1.165) is 5.13 Å². The number of nitrogens with zero attached hydrogens (tertiary/aromatic N) is 3. The Morgan fingerprint density at radius 1 is 1.25 bits per heavy atom. The number of aromatic nitrogens is 2. The number of hydrogen-bond acceptors (Lipinski definition) is 4. The van der Waals surface area contributed by atoms with Crippen LogP contribution in [0.4, 0.5) is 5.13 Å². The van der Waals surface area contributed by atoms with Crippen molar-refractivity contribution >= 4 is 16.5 Å². The van der Waals surface area contributed by atoms with Gasteiger partial charge >= 0.3 is 0 Å². The van der Waals surface area contributed by atoms with Gasteiger partial charge in [-0.3, -0.25) is 0 Å². The van der Waals surface area contributed by atoms with E-state index < -0.39 is 0 Å². The monoisotopic (exact) mass is 185 g/mol. The van der Waals surface area contributed by atoms with Gasteiger partial charge in [0.05, 0.1) is 0 Å². The van der Waals surface area contributed by atoms with E-state index in [0.29, 0.717) is 12.1 Å². The Morgan fingerprint density at radius 3 is 2.17 bits per heavy atom. The third-order valence-corrected chi connectivity index (χ3v) is 2.39. The van der Waals surface area contributed by atoms with E-state index in [2.05, 4.69) is 42.8 Å². The molecule has 0 unspecified atom stereocenters. The topological polar surface area (TPSA) is 29.0 Å². The Balaban J connectivity index is 2.81. The van der Waals surface area contributed by atoms with E-state index in [9.17, 15) is 0 Å². The largest absolute Gasteiger partial charge is 0.342 e. The molecule has 1 heterocycles. The van der Waals surface area contributed by atoms with Crippen molar-refractivity contribution in [1.29, 1.82) is 0 Å². The predicted molar refractivity (Wildman–Crippen MR) is 52.7 cm³/mol. The van der Waals surface area contributed by atoms with E-state index in [1.54, 1.807) is 16.8 Å². The molecule has 3 nitrogen and oxygen atoms in total. The van der Waals surface area contributed by atoms with Crippen LogP contribution in [0, 0.1) is 0 Å². The van der Waals surface area contributed by atoms with E-state index >= 15 is 0 Å². The zero-order valence-corrected chi connectivity index (χ0v) is 8.80. The van der Waals surface area contributed by atoms with Crippen LogP contribution in [0.15, 0.2) is 5.51 Å². The van der Waals surface area contributed by atoms with Crippen molar-refractivity contribution in [3.8, 4) is 0 Å². The van der Waals surface area contributed by atoms with Gasteiger partial charge in [0.15, 0.2) is 0 Å². The SMILES string of the molecule is CC(C)N(c1nncs1)C(C)C. The van der Waals surface area contributed by atoms with Gasteiger partial charge in [0.2, 0.25) is 5.13 Å². The molecule has 0 saturated carbocycles. The van der Waals surface area contributed by atoms with Crippen LogP contribution in [0.25, 0.3) is 0 Å². The molecule has 0 aliphatic carbocycles. The number of rotatable bonds is 3. The maximum absolute atomic E-state index is 4.05. The normalized spacial score (nSPS) is 11.2. The fourth-order valence-electron chi connectivity index (χ4n) is 1.32. The minimum absolute atomic E-state index is 0.484. The second-order valence-electron chi connectivity index (χ2n) is 3.32. The van der Waals surface area contributed by atoms with E-state index in [1.807, 2.05) is 0 Å². The molecule has 0 bridgehead atoms. The molecule has 0 spiro atoms. The second kappa shape index (κ2) is 3.85. The van der Waals surface area contributed by atoms with Gasteiger partial charge in [0, 0.05) is 12.1 Å². The highest BCUT2D eigenvalue weighted by molar-refractivity contribution is 7.13. The van der Waals surface area contributed by atoms with Crippen molar-refractivity contribution < 1.29 is 0 Å². The molecule has 0 fully saturated rings. The molecule has 1 aromatic heterocycles. The Kier molecular flexibility index (Phi) is 3.03. The fraction of sp³-hybridized carbons (Fsp3) is 0.750. The molecule has 0 N–H and O–H groups in total. The van der Waals surface area contributed by atoms with Gasteiger partial charge in [-0.1, -0.05) is 11.3 Å². The van der Waals surface area contributed by atoms with Gasteiger partial charge in [-0.15, -0.1) is 10.2 Å². The molecule has 12 heavy (non-hydrogen) atoms. The standard InChI is InChI=1S/C8H15N3S/c1-6(2)11(7(3)4)8-10-9-5-12-8/h5-7H,1-4H3. The fourth-order valence-corrected chi connectivity index (χ4v) is 2.14. The molecule has 0 saturated heterocycles. The average molecular weight is 185 g/mol. The summed E-state index contributed by atoms with van der Waals surface area (Å²) in [6.45, 7) is 8.67. The summed E-state index contributed by atoms with van der Waals surface area (Å²) < 4.78 is 0. The van der Waals surface area contributed by atoms with Gasteiger partial charge in [-0.25, -0.2) is 0 Å². The lowest BCUT2D eigenvalue weighted by atomic mass is 10.2. The average Bonchev–Trinajstić information content (AvgIpc) is 2.37. The zero-order chi connectivity index (χ0) is 9.14. The Hall–Kier alpha value is -0.640. The lowest BCUT2D eigenvalue weighted by Gasteiger charge is -2.29. The van der Waals surface area contributed by atoms with Gasteiger partial charge in [-0.2, -0.15) is 0 Å². The Morgan fingerprint density at radius 2 is 1.83 bits per heavy atom. The third kappa shape index (κ3) is 1.94. The van der Waals surface area contributed by atoms with E-state index in [-0.39, 0.29) is 0 Å². The summed E-state index contributed by atoms with van der Waals surface area (Å²) in [5.74, 6) is 0. The van der Waals surface area contributed by atoms with Gasteiger partial charge in [-0.05, 0) is 27.7 Å². The van der Waals surface area contributed by atoms with Crippen LogP contribution in [-0.4, -0.2) is 22.3 Å². The Labute approximate surface area is 77.4 Å². The first-order chi connectivity index (χ1) is 5.63. The summed E-state index contributed by atoms with van der Waals surface area (Å²) in [6.07, 6.45) is 0. The molecule has 0 aliphatic heterocycles. The quantitative estimate of drug-likeness (QED) is 0.722. The first kappa shape index (κ1) is 9.45. The lowest BCUT2D eigenvalue weighted by Crippen LogP contribution is -2.36. The zero-order valence-electron chi connectivity index (χ0n) is 7.98. The van der Waals surface area contributed by atoms with Gasteiger partial charge in [0.1, 0.15) is 5.51 Å². The summed E-state index contributed by atoms with van der Waals surface area (Å²) in [4.78, 5) is 2.26. The molecule has 1 rings (SSSR count). The summed E-state index contributed by atoms with van der Waals surface area (Å²) >= 11 is 1.59.